The molecule has 0 aliphatic rings. The van der Waals surface area contributed by atoms with Gasteiger partial charge in [-0.2, -0.15) is 0 Å². The molecule has 1 amide bonds. The Morgan fingerprint density at radius 2 is 1.89 bits per heavy atom. The van der Waals surface area contributed by atoms with Crippen molar-refractivity contribution in [3.63, 3.8) is 0 Å². The largest absolute Gasteiger partial charge is 0.497 e. The van der Waals surface area contributed by atoms with E-state index in [1.165, 1.54) is 13.2 Å². The van der Waals surface area contributed by atoms with Gasteiger partial charge in [0.1, 0.15) is 11.5 Å². The van der Waals surface area contributed by atoms with Crippen LogP contribution in [0.5, 0.6) is 11.5 Å². The smallest absolute Gasteiger partial charge is 0.331 e. The molecular formula is C22H25NO5. The van der Waals surface area contributed by atoms with Crippen molar-refractivity contribution in [2.75, 3.05) is 26.1 Å². The van der Waals surface area contributed by atoms with Crippen LogP contribution in [0.2, 0.25) is 0 Å². The van der Waals surface area contributed by atoms with E-state index < -0.39 is 5.97 Å². The maximum Gasteiger partial charge on any atom is 0.331 e. The molecule has 28 heavy (non-hydrogen) atoms. The number of nitrogens with one attached hydrogen (secondary N) is 1. The lowest BCUT2D eigenvalue weighted by molar-refractivity contribution is -0.142. The van der Waals surface area contributed by atoms with Crippen molar-refractivity contribution in [2.24, 2.45) is 0 Å². The van der Waals surface area contributed by atoms with Crippen molar-refractivity contribution in [1.29, 1.82) is 0 Å². The number of methoxy groups -OCH3 is 2. The minimum Gasteiger partial charge on any atom is -0.497 e. The van der Waals surface area contributed by atoms with E-state index in [0.717, 1.165) is 23.2 Å². The molecule has 0 saturated carbocycles. The first-order valence-corrected chi connectivity index (χ1v) is 8.93. The highest BCUT2D eigenvalue weighted by Crippen LogP contribution is 2.25. The highest BCUT2D eigenvalue weighted by molar-refractivity contribution is 5.95. The summed E-state index contributed by atoms with van der Waals surface area (Å²) in [4.78, 5) is 24.1. The first-order chi connectivity index (χ1) is 13.5. The van der Waals surface area contributed by atoms with E-state index in [1.807, 2.05) is 32.0 Å². The molecule has 0 heterocycles. The summed E-state index contributed by atoms with van der Waals surface area (Å²) in [5, 5.41) is 2.82. The van der Waals surface area contributed by atoms with Gasteiger partial charge < -0.3 is 19.5 Å². The first kappa shape index (κ1) is 21.0. The number of aryl methyl sites for hydroxylation is 2. The van der Waals surface area contributed by atoms with Crippen molar-refractivity contribution in [1.82, 2.24) is 0 Å². The van der Waals surface area contributed by atoms with Gasteiger partial charge in [-0.3, -0.25) is 4.79 Å². The molecule has 0 aliphatic carbocycles. The average Bonchev–Trinajstić information content (AvgIpc) is 2.71. The Morgan fingerprint density at radius 3 is 2.57 bits per heavy atom. The SMILES string of the molecule is CCc1cccc(C)c1NC(=O)COC(=O)/C=C/c1cc(OC)ccc1OC. The van der Waals surface area contributed by atoms with Crippen LogP contribution in [0.25, 0.3) is 6.08 Å². The van der Waals surface area contributed by atoms with E-state index in [1.54, 1.807) is 31.4 Å². The molecule has 0 saturated heterocycles. The predicted molar refractivity (Wildman–Crippen MR) is 109 cm³/mol. The minimum atomic E-state index is -0.625. The second-order valence-electron chi connectivity index (χ2n) is 6.06. The number of ether oxygens (including phenoxy) is 3. The second-order valence-corrected chi connectivity index (χ2v) is 6.06. The van der Waals surface area contributed by atoms with Crippen LogP contribution in [0, 0.1) is 6.92 Å². The van der Waals surface area contributed by atoms with Crippen LogP contribution >= 0.6 is 0 Å². The molecule has 0 atom stereocenters. The molecule has 2 aromatic carbocycles. The third kappa shape index (κ3) is 5.61. The zero-order valence-corrected chi connectivity index (χ0v) is 16.6. The summed E-state index contributed by atoms with van der Waals surface area (Å²) in [7, 11) is 3.10. The van der Waals surface area contributed by atoms with Crippen LogP contribution in [0.3, 0.4) is 0 Å². The van der Waals surface area contributed by atoms with Crippen LogP contribution < -0.4 is 14.8 Å². The van der Waals surface area contributed by atoms with Gasteiger partial charge in [-0.05, 0) is 48.7 Å². The van der Waals surface area contributed by atoms with E-state index in [2.05, 4.69) is 5.32 Å². The summed E-state index contributed by atoms with van der Waals surface area (Å²) in [6.07, 6.45) is 3.59. The van der Waals surface area contributed by atoms with Gasteiger partial charge in [-0.1, -0.05) is 25.1 Å². The predicted octanol–water partition coefficient (Wildman–Crippen LogP) is 3.77. The topological polar surface area (TPSA) is 73.9 Å². The Morgan fingerprint density at radius 1 is 1.11 bits per heavy atom. The maximum atomic E-state index is 12.1. The fourth-order valence-corrected chi connectivity index (χ4v) is 2.69. The van der Waals surface area contributed by atoms with Crippen LogP contribution in [-0.4, -0.2) is 32.7 Å². The molecule has 1 N–H and O–H groups in total. The highest BCUT2D eigenvalue weighted by Gasteiger charge is 2.10. The first-order valence-electron chi connectivity index (χ1n) is 8.93. The maximum absolute atomic E-state index is 12.1. The standard InChI is InChI=1S/C22H25NO5/c1-5-16-8-6-7-15(2)22(16)23-20(24)14-28-21(25)12-9-17-13-18(26-3)10-11-19(17)27-4/h6-13H,5,14H2,1-4H3,(H,23,24)/b12-9+. The number of benzene rings is 2. The average molecular weight is 383 g/mol. The molecule has 2 aromatic rings. The summed E-state index contributed by atoms with van der Waals surface area (Å²) < 4.78 is 15.4. The molecule has 0 radical (unpaired) electrons. The van der Waals surface area contributed by atoms with Gasteiger partial charge in [0.05, 0.1) is 14.2 Å². The fourth-order valence-electron chi connectivity index (χ4n) is 2.69. The van der Waals surface area contributed by atoms with Gasteiger partial charge in [0.25, 0.3) is 5.91 Å². The minimum absolute atomic E-state index is 0.365. The number of amides is 1. The Labute approximate surface area is 165 Å². The van der Waals surface area contributed by atoms with E-state index in [4.69, 9.17) is 14.2 Å². The van der Waals surface area contributed by atoms with Gasteiger partial charge >= 0.3 is 5.97 Å². The summed E-state index contributed by atoms with van der Waals surface area (Å²) in [6, 6.07) is 11.1. The van der Waals surface area contributed by atoms with Crippen LogP contribution in [0.1, 0.15) is 23.6 Å². The lowest BCUT2D eigenvalue weighted by Crippen LogP contribution is -2.21. The third-order valence-corrected chi connectivity index (χ3v) is 4.19. The quantitative estimate of drug-likeness (QED) is 0.555. The fraction of sp³-hybridized carbons (Fsp3) is 0.273. The molecule has 0 aromatic heterocycles. The van der Waals surface area contributed by atoms with Crippen LogP contribution in [0.4, 0.5) is 5.69 Å². The number of esters is 1. The van der Waals surface area contributed by atoms with Crippen molar-refractivity contribution in [3.8, 4) is 11.5 Å². The van der Waals surface area contributed by atoms with E-state index in [0.29, 0.717) is 17.1 Å². The number of anilines is 1. The molecule has 6 nitrogen and oxygen atoms in total. The van der Waals surface area contributed by atoms with Gasteiger partial charge in [-0.15, -0.1) is 0 Å². The van der Waals surface area contributed by atoms with Crippen molar-refractivity contribution in [3.05, 3.63) is 59.2 Å². The Bertz CT molecular complexity index is 873. The lowest BCUT2D eigenvalue weighted by Gasteiger charge is -2.12. The Balaban J connectivity index is 1.96. The molecule has 0 spiro atoms. The zero-order valence-electron chi connectivity index (χ0n) is 16.6. The summed E-state index contributed by atoms with van der Waals surface area (Å²) in [5.41, 5.74) is 3.42. The van der Waals surface area contributed by atoms with Gasteiger partial charge in [0, 0.05) is 17.3 Å². The molecule has 6 heteroatoms. The second kappa shape index (κ2) is 10.2. The van der Waals surface area contributed by atoms with Crippen molar-refractivity contribution < 1.29 is 23.8 Å². The Hall–Kier alpha value is -3.28. The van der Waals surface area contributed by atoms with Crippen LogP contribution in [-0.2, 0) is 20.7 Å². The van der Waals surface area contributed by atoms with Gasteiger partial charge in [-0.25, -0.2) is 4.79 Å². The van der Waals surface area contributed by atoms with Crippen LogP contribution in [0.15, 0.2) is 42.5 Å². The normalized spacial score (nSPS) is 10.6. The van der Waals surface area contributed by atoms with Crippen molar-refractivity contribution in [2.45, 2.75) is 20.3 Å². The lowest BCUT2D eigenvalue weighted by atomic mass is 10.1. The molecule has 148 valence electrons. The van der Waals surface area contributed by atoms with E-state index >= 15 is 0 Å². The van der Waals surface area contributed by atoms with Gasteiger partial charge in [0.2, 0.25) is 0 Å². The highest BCUT2D eigenvalue weighted by atomic mass is 16.5. The molecule has 0 fully saturated rings. The number of carbonyl (C=O) groups excluding carboxylic acids is 2. The monoisotopic (exact) mass is 383 g/mol. The summed E-state index contributed by atoms with van der Waals surface area (Å²) in [6.45, 7) is 3.57. The molecular weight excluding hydrogens is 358 g/mol. The number of para-hydroxylation sites is 1. The van der Waals surface area contributed by atoms with Crippen molar-refractivity contribution >= 4 is 23.6 Å². The molecule has 0 unspecified atom stereocenters. The third-order valence-electron chi connectivity index (χ3n) is 4.19. The molecule has 0 bridgehead atoms. The molecule has 0 aliphatic heterocycles. The molecule has 2 rings (SSSR count). The summed E-state index contributed by atoms with van der Waals surface area (Å²) in [5.74, 6) is 0.220. The Kier molecular flexibility index (Phi) is 7.63. The zero-order chi connectivity index (χ0) is 20.5. The van der Waals surface area contributed by atoms with E-state index in [9.17, 15) is 9.59 Å². The number of rotatable bonds is 8. The van der Waals surface area contributed by atoms with Gasteiger partial charge in [0.15, 0.2) is 6.61 Å². The number of hydrogen-bond donors (Lipinski definition) is 1. The summed E-state index contributed by atoms with van der Waals surface area (Å²) >= 11 is 0. The number of hydrogen-bond acceptors (Lipinski definition) is 5. The number of carbonyl (C=O) groups is 2. The van der Waals surface area contributed by atoms with E-state index in [-0.39, 0.29) is 12.5 Å².